The van der Waals surface area contributed by atoms with Crippen LogP contribution in [0.15, 0.2) is 12.1 Å². The molecule has 0 saturated heterocycles. The molecule has 0 N–H and O–H groups in total. The maximum atomic E-state index is 14.0. The van der Waals surface area contributed by atoms with E-state index >= 15 is 0 Å². The zero-order chi connectivity index (χ0) is 38.4. The first-order chi connectivity index (χ1) is 25.1. The molecule has 0 atom stereocenters. The maximum absolute atomic E-state index is 14.0. The van der Waals surface area contributed by atoms with E-state index in [0.717, 1.165) is 0 Å². The first kappa shape index (κ1) is 41.3. The van der Waals surface area contributed by atoms with E-state index in [1.165, 1.54) is 56.9 Å². The number of hydrogen-bond acceptors (Lipinski definition) is 15. The predicted molar refractivity (Wildman–Crippen MR) is 188 cm³/mol. The monoisotopic (exact) mass is 732 g/mol. The Kier molecular flexibility index (Phi) is 15.9. The van der Waals surface area contributed by atoms with Gasteiger partial charge in [0.15, 0.2) is 41.3 Å². The summed E-state index contributed by atoms with van der Waals surface area (Å²) in [4.78, 5) is 39.3. The number of ketones is 1. The summed E-state index contributed by atoms with van der Waals surface area (Å²) in [6.45, 7) is 2.36. The van der Waals surface area contributed by atoms with Crippen LogP contribution in [0, 0.1) is 0 Å². The molecule has 3 rings (SSSR count). The molecule has 0 bridgehead atoms. The molecular formula is C37H48O15. The first-order valence-corrected chi connectivity index (χ1v) is 16.3. The van der Waals surface area contributed by atoms with Gasteiger partial charge in [0.1, 0.15) is 29.5 Å². The van der Waals surface area contributed by atoms with Crippen molar-refractivity contribution >= 4 is 28.5 Å². The third-order valence-corrected chi connectivity index (χ3v) is 8.09. The Hall–Kier alpha value is -5.15. The van der Waals surface area contributed by atoms with Crippen LogP contribution in [0.4, 0.5) is 0 Å². The molecule has 52 heavy (non-hydrogen) atoms. The number of carbonyl (C=O) groups excluding carboxylic acids is 3. The van der Waals surface area contributed by atoms with Gasteiger partial charge in [0.2, 0.25) is 0 Å². The van der Waals surface area contributed by atoms with Crippen molar-refractivity contribution in [1.29, 1.82) is 0 Å². The van der Waals surface area contributed by atoms with E-state index in [1.54, 1.807) is 26.2 Å². The molecule has 3 aromatic carbocycles. The van der Waals surface area contributed by atoms with Crippen LogP contribution in [-0.4, -0.2) is 108 Å². The van der Waals surface area contributed by atoms with Gasteiger partial charge in [0, 0.05) is 38.2 Å². The minimum Gasteiger partial charge on any atom is -0.496 e. The van der Waals surface area contributed by atoms with Crippen LogP contribution in [0.2, 0.25) is 0 Å². The Morgan fingerprint density at radius 1 is 0.596 bits per heavy atom. The number of benzene rings is 3. The number of carbonyl (C=O) groups is 3. The van der Waals surface area contributed by atoms with Gasteiger partial charge in [0.25, 0.3) is 0 Å². The Balaban J connectivity index is 2.21. The van der Waals surface area contributed by atoms with Crippen molar-refractivity contribution in [3.63, 3.8) is 0 Å². The molecule has 0 radical (unpaired) electrons. The van der Waals surface area contributed by atoms with Crippen molar-refractivity contribution in [2.45, 2.75) is 32.6 Å². The molecule has 0 saturated carbocycles. The van der Waals surface area contributed by atoms with Gasteiger partial charge >= 0.3 is 11.9 Å². The van der Waals surface area contributed by atoms with Crippen molar-refractivity contribution in [3.8, 4) is 46.0 Å². The molecule has 0 aliphatic rings. The highest BCUT2D eigenvalue weighted by Crippen LogP contribution is 2.55. The van der Waals surface area contributed by atoms with E-state index in [9.17, 15) is 14.4 Å². The average Bonchev–Trinajstić information content (AvgIpc) is 3.16. The van der Waals surface area contributed by atoms with Gasteiger partial charge in [-0.2, -0.15) is 0 Å². The Morgan fingerprint density at radius 2 is 1.27 bits per heavy atom. The molecular weight excluding hydrogens is 684 g/mol. The molecule has 15 nitrogen and oxygen atoms in total. The van der Waals surface area contributed by atoms with E-state index < -0.39 is 11.9 Å². The zero-order valence-corrected chi connectivity index (χ0v) is 31.4. The van der Waals surface area contributed by atoms with E-state index in [4.69, 9.17) is 56.8 Å². The summed E-state index contributed by atoms with van der Waals surface area (Å²) < 4.78 is 67.3. The minimum atomic E-state index is -0.748. The van der Waals surface area contributed by atoms with Gasteiger partial charge in [-0.1, -0.05) is 6.07 Å². The lowest BCUT2D eigenvalue weighted by atomic mass is 9.93. The third-order valence-electron chi connectivity index (χ3n) is 8.09. The molecule has 3 aromatic rings. The quantitative estimate of drug-likeness (QED) is 0.0804. The van der Waals surface area contributed by atoms with Crippen molar-refractivity contribution < 1.29 is 71.2 Å². The molecule has 286 valence electrons. The van der Waals surface area contributed by atoms with Gasteiger partial charge in [-0.05, 0) is 24.5 Å². The van der Waals surface area contributed by atoms with E-state index in [-0.39, 0.29) is 85.6 Å². The number of ether oxygens (including phenoxy) is 12. The number of Topliss-reactive ketones (excluding diaryl/α,β-unsaturated/α-hetero) is 1. The van der Waals surface area contributed by atoms with Crippen molar-refractivity contribution in [3.05, 3.63) is 34.4 Å². The predicted octanol–water partition coefficient (Wildman–Crippen LogP) is 4.54. The molecule has 0 fully saturated rings. The van der Waals surface area contributed by atoms with E-state index in [2.05, 4.69) is 0 Å². The van der Waals surface area contributed by atoms with Crippen LogP contribution in [-0.2, 0) is 47.8 Å². The van der Waals surface area contributed by atoms with Crippen molar-refractivity contribution in [2.75, 3.05) is 90.6 Å². The molecule has 15 heteroatoms. The molecule has 0 heterocycles. The molecule has 0 spiro atoms. The maximum Gasteiger partial charge on any atom is 0.342 e. The molecule has 0 aromatic heterocycles. The van der Waals surface area contributed by atoms with Crippen molar-refractivity contribution in [1.82, 2.24) is 0 Å². The van der Waals surface area contributed by atoms with Gasteiger partial charge < -0.3 is 56.8 Å². The summed E-state index contributed by atoms with van der Waals surface area (Å²) in [5.74, 6) is 0.545. The lowest BCUT2D eigenvalue weighted by Crippen LogP contribution is -2.16. The SMILES string of the molecule is CCOCOc1c(CCC(=O)Cc2c(OCCOC)c(OC)c3c(OC)c(OC)cc(OC)c3c2OC)cc(CC(=O)OC)c(C(=O)OC)c1OC. The second-order valence-corrected chi connectivity index (χ2v) is 10.9. The summed E-state index contributed by atoms with van der Waals surface area (Å²) in [5, 5.41) is 0.928. The number of aryl methyl sites for hydroxylation is 1. The van der Waals surface area contributed by atoms with Crippen LogP contribution in [0.3, 0.4) is 0 Å². The summed E-state index contributed by atoms with van der Waals surface area (Å²) in [7, 11) is 12.8. The van der Waals surface area contributed by atoms with Crippen molar-refractivity contribution in [2.24, 2.45) is 0 Å². The summed E-state index contributed by atoms with van der Waals surface area (Å²) in [5.41, 5.74) is 1.14. The highest BCUT2D eigenvalue weighted by molar-refractivity contribution is 6.07. The van der Waals surface area contributed by atoms with Crippen LogP contribution in [0.5, 0.6) is 46.0 Å². The molecule has 0 aliphatic heterocycles. The van der Waals surface area contributed by atoms with Crippen LogP contribution in [0.1, 0.15) is 40.4 Å². The van der Waals surface area contributed by atoms with Gasteiger partial charge in [-0.25, -0.2) is 4.79 Å². The lowest BCUT2D eigenvalue weighted by molar-refractivity contribution is -0.139. The lowest BCUT2D eigenvalue weighted by Gasteiger charge is -2.24. The van der Waals surface area contributed by atoms with Gasteiger partial charge in [0.05, 0.1) is 80.7 Å². The number of hydrogen-bond donors (Lipinski definition) is 0. The fraction of sp³-hybridized carbons (Fsp3) is 0.486. The summed E-state index contributed by atoms with van der Waals surface area (Å²) >= 11 is 0. The molecule has 0 amide bonds. The van der Waals surface area contributed by atoms with Gasteiger partial charge in [-0.3, -0.25) is 9.59 Å². The number of esters is 2. The second kappa shape index (κ2) is 20.0. The van der Waals surface area contributed by atoms with Gasteiger partial charge in [-0.15, -0.1) is 0 Å². The fourth-order valence-electron chi connectivity index (χ4n) is 5.77. The highest BCUT2D eigenvalue weighted by Gasteiger charge is 2.31. The Labute approximate surface area is 303 Å². The van der Waals surface area contributed by atoms with Crippen LogP contribution in [0.25, 0.3) is 10.8 Å². The topological polar surface area (TPSA) is 162 Å². The largest absolute Gasteiger partial charge is 0.496 e. The second-order valence-electron chi connectivity index (χ2n) is 10.9. The molecule has 0 unspecified atom stereocenters. The average molecular weight is 733 g/mol. The number of rotatable bonds is 22. The van der Waals surface area contributed by atoms with Crippen LogP contribution < -0.4 is 37.9 Å². The minimum absolute atomic E-state index is 0.0103. The third kappa shape index (κ3) is 9.01. The van der Waals surface area contributed by atoms with Crippen LogP contribution >= 0.6 is 0 Å². The zero-order valence-electron chi connectivity index (χ0n) is 31.4. The fourth-order valence-corrected chi connectivity index (χ4v) is 5.77. The van der Waals surface area contributed by atoms with E-state index in [1.807, 2.05) is 0 Å². The first-order valence-electron chi connectivity index (χ1n) is 16.3. The summed E-state index contributed by atoms with van der Waals surface area (Å²) in [6, 6.07) is 3.25. The summed E-state index contributed by atoms with van der Waals surface area (Å²) in [6.07, 6.45) is -0.325. The van der Waals surface area contributed by atoms with E-state index in [0.29, 0.717) is 51.5 Å². The normalized spacial score (nSPS) is 10.7. The number of methoxy groups -OCH3 is 9. The Morgan fingerprint density at radius 3 is 1.83 bits per heavy atom. The smallest absolute Gasteiger partial charge is 0.342 e. The molecule has 0 aliphatic carbocycles. The number of fused-ring (bicyclic) bond motifs is 1. The highest BCUT2D eigenvalue weighted by atomic mass is 16.7. The standard InChI is InChI=1S/C37H48O15/c1-11-50-20-52-31-21(16-22(17-27(39)44-5)28(35(31)47-8)37(40)49-10)12-13-23(38)18-24-32(45-6)29-25(42-3)19-26(43-4)34(46-7)30(29)36(48-9)33(24)51-15-14-41-2/h16,19H,11-15,17-18,20H2,1-10H3. The Bertz CT molecular complexity index is 1720.